The maximum Gasteiger partial charge on any atom is 0.149 e. The van der Waals surface area contributed by atoms with Crippen LogP contribution in [0.15, 0.2) is 36.7 Å². The number of hydrogen-bond donors (Lipinski definition) is 1. The third kappa shape index (κ3) is 3.07. The molecular weight excluding hydrogens is 296 g/mol. The van der Waals surface area contributed by atoms with E-state index >= 15 is 0 Å². The van der Waals surface area contributed by atoms with E-state index in [1.807, 2.05) is 38.2 Å². The van der Waals surface area contributed by atoms with Crippen LogP contribution in [0.4, 0.5) is 5.82 Å². The molecule has 0 saturated carbocycles. The highest BCUT2D eigenvalue weighted by atomic mass is 32.1. The smallest absolute Gasteiger partial charge is 0.149 e. The summed E-state index contributed by atoms with van der Waals surface area (Å²) in [6.07, 6.45) is 4.32. The van der Waals surface area contributed by atoms with Gasteiger partial charge >= 0.3 is 0 Å². The van der Waals surface area contributed by atoms with Gasteiger partial charge < -0.3 is 10.5 Å². The van der Waals surface area contributed by atoms with Gasteiger partial charge in [-0.1, -0.05) is 6.92 Å². The molecule has 3 aromatic rings. The molecule has 5 nitrogen and oxygen atoms in total. The highest BCUT2D eigenvalue weighted by molar-refractivity contribution is 7.15. The van der Waals surface area contributed by atoms with Crippen LogP contribution in [0.3, 0.4) is 0 Å². The van der Waals surface area contributed by atoms with Crippen LogP contribution < -0.4 is 10.5 Å². The first kappa shape index (κ1) is 14.5. The molecule has 0 bridgehead atoms. The Morgan fingerprint density at radius 3 is 2.82 bits per heavy atom. The van der Waals surface area contributed by atoms with Crippen LogP contribution in [0.1, 0.15) is 17.6 Å². The quantitative estimate of drug-likeness (QED) is 0.792. The number of nitrogens with two attached hydrogens (primary N) is 1. The molecule has 2 N–H and O–H groups in total. The number of aromatic nitrogens is 3. The van der Waals surface area contributed by atoms with Crippen molar-refractivity contribution >= 4 is 17.2 Å². The van der Waals surface area contributed by atoms with E-state index < -0.39 is 0 Å². The van der Waals surface area contributed by atoms with Gasteiger partial charge in [0, 0.05) is 18.5 Å². The summed E-state index contributed by atoms with van der Waals surface area (Å²) >= 11 is 1.61. The number of nitrogen functional groups attached to an aromatic ring is 1. The fourth-order valence-corrected chi connectivity index (χ4v) is 2.81. The third-order valence-corrected chi connectivity index (χ3v) is 4.06. The maximum absolute atomic E-state index is 5.95. The van der Waals surface area contributed by atoms with Crippen molar-refractivity contribution in [1.29, 1.82) is 0 Å². The van der Waals surface area contributed by atoms with Gasteiger partial charge in [0.2, 0.25) is 0 Å². The molecule has 3 heterocycles. The number of pyridine rings is 2. The van der Waals surface area contributed by atoms with Gasteiger partial charge in [0.25, 0.3) is 0 Å². The normalized spacial score (nSPS) is 10.6. The average Bonchev–Trinajstić information content (AvgIpc) is 2.96. The summed E-state index contributed by atoms with van der Waals surface area (Å²) in [4.78, 5) is 14.0. The Balaban J connectivity index is 1.90. The van der Waals surface area contributed by atoms with Crippen LogP contribution >= 0.6 is 11.3 Å². The zero-order valence-corrected chi connectivity index (χ0v) is 13.2. The molecule has 0 spiro atoms. The van der Waals surface area contributed by atoms with Crippen molar-refractivity contribution in [2.45, 2.75) is 20.3 Å². The van der Waals surface area contributed by atoms with Crippen LogP contribution in [0.2, 0.25) is 0 Å². The van der Waals surface area contributed by atoms with E-state index in [9.17, 15) is 0 Å². The Hall–Kier alpha value is -2.47. The van der Waals surface area contributed by atoms with Gasteiger partial charge in [-0.15, -0.1) is 11.3 Å². The van der Waals surface area contributed by atoms with Crippen molar-refractivity contribution in [3.05, 3.63) is 47.4 Å². The van der Waals surface area contributed by atoms with E-state index in [0.717, 1.165) is 33.4 Å². The predicted molar refractivity (Wildman–Crippen MR) is 88.2 cm³/mol. The standard InChI is InChI=1S/C16H16N4OS/c1-3-12-14(4-5-16(17)20-12)21-11-6-7-18-13(8-11)15-9-19-10(2)22-15/h4-9H,3H2,1-2H3,(H2,17,20). The number of aryl methyl sites for hydroxylation is 2. The molecule has 0 aliphatic carbocycles. The van der Waals surface area contributed by atoms with Crippen LogP contribution in [0.5, 0.6) is 11.5 Å². The van der Waals surface area contributed by atoms with Gasteiger partial charge in [-0.25, -0.2) is 9.97 Å². The van der Waals surface area contributed by atoms with Gasteiger partial charge in [-0.05, 0) is 31.5 Å². The maximum atomic E-state index is 5.95. The number of hydrogen-bond acceptors (Lipinski definition) is 6. The second-order valence-electron chi connectivity index (χ2n) is 4.76. The molecule has 0 unspecified atom stereocenters. The molecule has 0 radical (unpaired) electrons. The van der Waals surface area contributed by atoms with Crippen molar-refractivity contribution in [2.24, 2.45) is 0 Å². The lowest BCUT2D eigenvalue weighted by Crippen LogP contribution is -1.98. The number of rotatable bonds is 4. The Morgan fingerprint density at radius 1 is 1.23 bits per heavy atom. The minimum Gasteiger partial charge on any atom is -0.455 e. The Labute approximate surface area is 132 Å². The van der Waals surface area contributed by atoms with E-state index in [-0.39, 0.29) is 0 Å². The SMILES string of the molecule is CCc1nc(N)ccc1Oc1ccnc(-c2cnc(C)s2)c1. The van der Waals surface area contributed by atoms with Crippen molar-refractivity contribution in [3.63, 3.8) is 0 Å². The van der Waals surface area contributed by atoms with Gasteiger partial charge in [0.15, 0.2) is 0 Å². The monoisotopic (exact) mass is 312 g/mol. The van der Waals surface area contributed by atoms with Gasteiger partial charge in [0.05, 0.1) is 21.3 Å². The Kier molecular flexibility index (Phi) is 4.02. The second-order valence-corrected chi connectivity index (χ2v) is 5.99. The van der Waals surface area contributed by atoms with E-state index in [1.165, 1.54) is 0 Å². The molecule has 0 atom stereocenters. The number of thiazole rings is 1. The fraction of sp³-hybridized carbons (Fsp3) is 0.188. The molecule has 3 aromatic heterocycles. The van der Waals surface area contributed by atoms with Crippen LogP contribution in [-0.2, 0) is 6.42 Å². The number of nitrogens with zero attached hydrogens (tertiary/aromatic N) is 3. The van der Waals surface area contributed by atoms with Crippen molar-refractivity contribution in [2.75, 3.05) is 5.73 Å². The molecule has 0 aliphatic rings. The van der Waals surface area contributed by atoms with Gasteiger partial charge in [-0.3, -0.25) is 4.98 Å². The number of ether oxygens (including phenoxy) is 1. The van der Waals surface area contributed by atoms with Crippen molar-refractivity contribution in [1.82, 2.24) is 15.0 Å². The summed E-state index contributed by atoms with van der Waals surface area (Å²) in [6, 6.07) is 7.32. The minimum atomic E-state index is 0.500. The lowest BCUT2D eigenvalue weighted by molar-refractivity contribution is 0.473. The molecule has 0 fully saturated rings. The first-order chi connectivity index (χ1) is 10.7. The third-order valence-electron chi connectivity index (χ3n) is 3.12. The summed E-state index contributed by atoms with van der Waals surface area (Å²) in [7, 11) is 0. The van der Waals surface area contributed by atoms with Crippen LogP contribution in [0, 0.1) is 6.92 Å². The molecule has 0 aromatic carbocycles. The lowest BCUT2D eigenvalue weighted by atomic mass is 10.2. The van der Waals surface area contributed by atoms with Crippen molar-refractivity contribution < 1.29 is 4.74 Å². The minimum absolute atomic E-state index is 0.500. The van der Waals surface area contributed by atoms with E-state index in [1.54, 1.807) is 23.6 Å². The van der Waals surface area contributed by atoms with E-state index in [4.69, 9.17) is 10.5 Å². The molecule has 22 heavy (non-hydrogen) atoms. The molecule has 3 rings (SSSR count). The summed E-state index contributed by atoms with van der Waals surface area (Å²) < 4.78 is 5.95. The lowest BCUT2D eigenvalue weighted by Gasteiger charge is -2.10. The molecule has 6 heteroatoms. The van der Waals surface area contributed by atoms with Crippen LogP contribution in [0.25, 0.3) is 10.6 Å². The van der Waals surface area contributed by atoms with Gasteiger partial charge in [-0.2, -0.15) is 0 Å². The summed E-state index contributed by atoms with van der Waals surface area (Å²) in [5, 5.41) is 1.01. The molecule has 112 valence electrons. The molecule has 0 aliphatic heterocycles. The summed E-state index contributed by atoms with van der Waals surface area (Å²) in [6.45, 7) is 3.99. The fourth-order valence-electron chi connectivity index (χ4n) is 2.07. The predicted octanol–water partition coefficient (Wildman–Crippen LogP) is 3.85. The molecular formula is C16H16N4OS. The highest BCUT2D eigenvalue weighted by Crippen LogP contribution is 2.30. The Morgan fingerprint density at radius 2 is 2.09 bits per heavy atom. The largest absolute Gasteiger partial charge is 0.455 e. The zero-order chi connectivity index (χ0) is 15.5. The Bertz CT molecular complexity index is 800. The second kappa shape index (κ2) is 6.11. The van der Waals surface area contributed by atoms with E-state index in [0.29, 0.717) is 11.6 Å². The first-order valence-electron chi connectivity index (χ1n) is 6.98. The van der Waals surface area contributed by atoms with E-state index in [2.05, 4.69) is 15.0 Å². The summed E-state index contributed by atoms with van der Waals surface area (Å²) in [5.41, 5.74) is 7.41. The van der Waals surface area contributed by atoms with Crippen LogP contribution in [-0.4, -0.2) is 15.0 Å². The molecule has 0 saturated heterocycles. The zero-order valence-electron chi connectivity index (χ0n) is 12.4. The topological polar surface area (TPSA) is 73.9 Å². The molecule has 0 amide bonds. The summed E-state index contributed by atoms with van der Waals surface area (Å²) in [5.74, 6) is 1.94. The van der Waals surface area contributed by atoms with Gasteiger partial charge in [0.1, 0.15) is 17.3 Å². The number of anilines is 1. The highest BCUT2D eigenvalue weighted by Gasteiger charge is 2.09. The first-order valence-corrected chi connectivity index (χ1v) is 7.79. The van der Waals surface area contributed by atoms with Crippen molar-refractivity contribution in [3.8, 4) is 22.1 Å². The average molecular weight is 312 g/mol.